The topological polar surface area (TPSA) is 101 Å². The predicted molar refractivity (Wildman–Crippen MR) is 127 cm³/mol. The lowest BCUT2D eigenvalue weighted by atomic mass is 9.44. The highest BCUT2D eigenvalue weighted by Gasteiger charge is 2.78. The number of aliphatic hydroxyl groups excluding tert-OH is 2. The third-order valence-electron chi connectivity index (χ3n) is 9.39. The third kappa shape index (κ3) is 3.50. The van der Waals surface area contributed by atoms with Gasteiger partial charge in [0.1, 0.15) is 12.2 Å². The van der Waals surface area contributed by atoms with E-state index < -0.39 is 87.5 Å². The molecule has 4 aliphatic rings. The summed E-state index contributed by atoms with van der Waals surface area (Å²) in [4.78, 5) is 38.2. The third-order valence-corrected chi connectivity index (χ3v) is 10.1. The van der Waals surface area contributed by atoms with Crippen LogP contribution >= 0.6 is 11.8 Å². The first-order valence-corrected chi connectivity index (χ1v) is 13.3. The molecule has 0 aliphatic heterocycles. The van der Waals surface area contributed by atoms with Crippen LogP contribution in [0.1, 0.15) is 53.4 Å². The van der Waals surface area contributed by atoms with Gasteiger partial charge in [0.15, 0.2) is 17.1 Å². The van der Waals surface area contributed by atoms with Crippen molar-refractivity contribution in [2.24, 2.45) is 28.6 Å². The average Bonchev–Trinajstić information content (AvgIpc) is 2.99. The van der Waals surface area contributed by atoms with Crippen LogP contribution in [-0.2, 0) is 19.1 Å². The Balaban J connectivity index is 1.84. The standard InChI is InChI=1S/C26H33F3O6S/c1-13-7-16-17-10-19(28)18-9-15(31)5-6-23(18,3)25(17,29)20(32)11-24(16,4)26(13,22(34)36-12-27)35-21(33)8-14(2)30/h5-6,9,13-14,16-17,19-20,30,32H,7-8,10-12H2,1-4H3/t13-,14+,16+,17+,19+,20+,23+,24+,25+,26+/m1/s1. The summed E-state index contributed by atoms with van der Waals surface area (Å²) in [6.07, 6.45) is -1.60. The van der Waals surface area contributed by atoms with Crippen LogP contribution in [0.25, 0.3) is 0 Å². The van der Waals surface area contributed by atoms with E-state index in [1.165, 1.54) is 26.0 Å². The van der Waals surface area contributed by atoms with Gasteiger partial charge in [-0.2, -0.15) is 0 Å². The van der Waals surface area contributed by atoms with Crippen molar-refractivity contribution in [3.05, 3.63) is 23.8 Å². The quantitative estimate of drug-likeness (QED) is 0.522. The lowest BCUT2D eigenvalue weighted by Crippen LogP contribution is -2.70. The summed E-state index contributed by atoms with van der Waals surface area (Å²) in [5.41, 5.74) is -7.17. The minimum absolute atomic E-state index is 0.0128. The van der Waals surface area contributed by atoms with Gasteiger partial charge in [0, 0.05) is 22.7 Å². The largest absolute Gasteiger partial charge is 0.449 e. The number of halogens is 3. The first-order valence-electron chi connectivity index (χ1n) is 12.3. The Labute approximate surface area is 212 Å². The number of allylic oxidation sites excluding steroid dienone is 4. The Kier molecular flexibility index (Phi) is 6.83. The van der Waals surface area contributed by atoms with Crippen LogP contribution < -0.4 is 0 Å². The minimum Gasteiger partial charge on any atom is -0.449 e. The average molecular weight is 531 g/mol. The molecule has 0 amide bonds. The molecule has 0 bridgehead atoms. The van der Waals surface area contributed by atoms with Gasteiger partial charge in [0.2, 0.25) is 5.12 Å². The molecule has 10 heteroatoms. The van der Waals surface area contributed by atoms with Gasteiger partial charge < -0.3 is 14.9 Å². The number of ketones is 1. The van der Waals surface area contributed by atoms with Gasteiger partial charge in [-0.3, -0.25) is 14.4 Å². The maximum absolute atomic E-state index is 17.3. The van der Waals surface area contributed by atoms with Crippen LogP contribution in [-0.4, -0.2) is 62.7 Å². The normalized spacial score (nSPS) is 46.3. The van der Waals surface area contributed by atoms with Gasteiger partial charge in [-0.05, 0) is 68.5 Å². The number of carbonyl (C=O) groups is 3. The van der Waals surface area contributed by atoms with Crippen molar-refractivity contribution in [2.75, 3.05) is 6.01 Å². The molecule has 200 valence electrons. The molecule has 0 spiro atoms. The van der Waals surface area contributed by atoms with Crippen LogP contribution in [0.5, 0.6) is 0 Å². The second-order valence-electron chi connectivity index (χ2n) is 11.3. The summed E-state index contributed by atoms with van der Waals surface area (Å²) in [5.74, 6) is -3.75. The summed E-state index contributed by atoms with van der Waals surface area (Å²) in [5, 5.41) is 20.4. The van der Waals surface area contributed by atoms with E-state index in [1.807, 2.05) is 0 Å². The van der Waals surface area contributed by atoms with Crippen molar-refractivity contribution in [2.45, 2.75) is 83.0 Å². The van der Waals surface area contributed by atoms with Crippen molar-refractivity contribution in [3.63, 3.8) is 0 Å². The molecule has 0 aromatic heterocycles. The van der Waals surface area contributed by atoms with E-state index >= 15 is 8.78 Å². The fourth-order valence-corrected chi connectivity index (χ4v) is 8.63. The zero-order valence-corrected chi connectivity index (χ0v) is 21.6. The summed E-state index contributed by atoms with van der Waals surface area (Å²) >= 11 is 0.342. The van der Waals surface area contributed by atoms with E-state index in [0.29, 0.717) is 11.8 Å². The van der Waals surface area contributed by atoms with Crippen LogP contribution in [0.4, 0.5) is 13.2 Å². The molecule has 10 atom stereocenters. The van der Waals surface area contributed by atoms with Gasteiger partial charge in [-0.25, -0.2) is 13.2 Å². The molecule has 0 radical (unpaired) electrons. The molecule has 4 aliphatic carbocycles. The molecule has 3 saturated carbocycles. The number of alkyl halides is 3. The van der Waals surface area contributed by atoms with Crippen LogP contribution in [0.3, 0.4) is 0 Å². The lowest BCUT2D eigenvalue weighted by molar-refractivity contribution is -0.229. The zero-order valence-electron chi connectivity index (χ0n) is 20.8. The van der Waals surface area contributed by atoms with Crippen molar-refractivity contribution < 1.29 is 42.5 Å². The van der Waals surface area contributed by atoms with Crippen LogP contribution in [0.2, 0.25) is 0 Å². The van der Waals surface area contributed by atoms with Gasteiger partial charge in [-0.1, -0.05) is 19.9 Å². The lowest BCUT2D eigenvalue weighted by Gasteiger charge is -2.63. The number of aliphatic hydroxyl groups is 2. The van der Waals surface area contributed by atoms with E-state index in [2.05, 4.69) is 0 Å². The first-order chi connectivity index (χ1) is 16.7. The van der Waals surface area contributed by atoms with E-state index in [1.54, 1.807) is 13.8 Å². The van der Waals surface area contributed by atoms with Crippen LogP contribution in [0.15, 0.2) is 23.8 Å². The number of esters is 1. The summed E-state index contributed by atoms with van der Waals surface area (Å²) in [6, 6.07) is -1.07. The predicted octanol–water partition coefficient (Wildman–Crippen LogP) is 3.79. The molecule has 36 heavy (non-hydrogen) atoms. The molecule has 0 aromatic rings. The maximum atomic E-state index is 17.3. The SMILES string of the molecule is C[C@H](O)CC(=O)O[C@]1(C(=O)SCF)[C@H](C)C[C@H]2[C@@H]3C[C@H](F)C4=CC(=O)C=C[C@]4(C)[C@@]3(F)[C@@H](O)C[C@@]21C. The fourth-order valence-electron chi connectivity index (χ4n) is 7.84. The van der Waals surface area contributed by atoms with Gasteiger partial charge in [-0.15, -0.1) is 0 Å². The Morgan fingerprint density at radius 1 is 1.28 bits per heavy atom. The van der Waals surface area contributed by atoms with Gasteiger partial charge in [0.05, 0.1) is 18.6 Å². The highest BCUT2D eigenvalue weighted by atomic mass is 32.2. The molecular weight excluding hydrogens is 497 g/mol. The van der Waals surface area contributed by atoms with Crippen molar-refractivity contribution >= 4 is 28.6 Å². The number of carbonyl (C=O) groups excluding carboxylic acids is 3. The number of thioether (sulfide) groups is 1. The minimum atomic E-state index is -2.35. The second-order valence-corrected chi connectivity index (χ2v) is 12.2. The van der Waals surface area contributed by atoms with E-state index in [9.17, 15) is 29.0 Å². The number of rotatable bonds is 5. The Hall–Kier alpha value is -1.65. The van der Waals surface area contributed by atoms with Crippen LogP contribution in [0, 0.1) is 28.6 Å². The number of fused-ring (bicyclic) bond motifs is 5. The Morgan fingerprint density at radius 2 is 1.94 bits per heavy atom. The Morgan fingerprint density at radius 3 is 2.56 bits per heavy atom. The van der Waals surface area contributed by atoms with Crippen molar-refractivity contribution in [1.82, 2.24) is 0 Å². The smallest absolute Gasteiger partial charge is 0.309 e. The fraction of sp³-hybridized carbons (Fsp3) is 0.731. The second kappa shape index (κ2) is 8.98. The molecule has 0 heterocycles. The number of hydrogen-bond donors (Lipinski definition) is 2. The van der Waals surface area contributed by atoms with E-state index in [-0.39, 0.29) is 24.8 Å². The molecule has 2 N–H and O–H groups in total. The van der Waals surface area contributed by atoms with Crippen molar-refractivity contribution in [3.8, 4) is 0 Å². The van der Waals surface area contributed by atoms with E-state index in [0.717, 1.165) is 6.08 Å². The summed E-state index contributed by atoms with van der Waals surface area (Å²) < 4.78 is 52.1. The molecule has 0 unspecified atom stereocenters. The molecule has 0 aromatic carbocycles. The highest BCUT2D eigenvalue weighted by molar-refractivity contribution is 8.13. The molecule has 3 fully saturated rings. The number of hydrogen-bond acceptors (Lipinski definition) is 7. The summed E-state index contributed by atoms with van der Waals surface area (Å²) in [7, 11) is 0. The molecule has 4 rings (SSSR count). The van der Waals surface area contributed by atoms with Crippen molar-refractivity contribution in [1.29, 1.82) is 0 Å². The maximum Gasteiger partial charge on any atom is 0.309 e. The zero-order chi connectivity index (χ0) is 26.8. The number of ether oxygens (including phenoxy) is 1. The molecule has 0 saturated heterocycles. The monoisotopic (exact) mass is 530 g/mol. The first kappa shape index (κ1) is 27.4. The van der Waals surface area contributed by atoms with E-state index in [4.69, 9.17) is 4.74 Å². The highest BCUT2D eigenvalue weighted by Crippen LogP contribution is 2.72. The van der Waals surface area contributed by atoms with Gasteiger partial charge in [0.25, 0.3) is 0 Å². The molecular formula is C26H33F3O6S. The van der Waals surface area contributed by atoms with Gasteiger partial charge >= 0.3 is 5.97 Å². The molecule has 6 nitrogen and oxygen atoms in total. The Bertz CT molecular complexity index is 1030. The summed E-state index contributed by atoms with van der Waals surface area (Å²) in [6.45, 7) is 6.14.